The lowest BCUT2D eigenvalue weighted by molar-refractivity contribution is -0.114. The van der Waals surface area contributed by atoms with Gasteiger partial charge in [-0.25, -0.2) is 14.8 Å². The van der Waals surface area contributed by atoms with Crippen molar-refractivity contribution in [3.05, 3.63) is 41.9 Å². The second-order valence-corrected chi connectivity index (χ2v) is 5.93. The second kappa shape index (κ2) is 6.95. The van der Waals surface area contributed by atoms with Crippen molar-refractivity contribution >= 4 is 28.6 Å². The SMILES string of the molecule is CCOC(=O)c1nc(C)c(-c2cn(C)c3ccccc23)nc1NC(C)=O. The first-order valence-corrected chi connectivity index (χ1v) is 8.30. The van der Waals surface area contributed by atoms with E-state index in [2.05, 4.69) is 15.3 Å². The van der Waals surface area contributed by atoms with Gasteiger partial charge in [0.15, 0.2) is 11.5 Å². The first-order chi connectivity index (χ1) is 12.4. The number of anilines is 1. The Balaban J connectivity index is 2.21. The van der Waals surface area contributed by atoms with Crippen LogP contribution < -0.4 is 5.32 Å². The molecule has 0 aliphatic heterocycles. The number of amides is 1. The number of ether oxygens (including phenoxy) is 1. The summed E-state index contributed by atoms with van der Waals surface area (Å²) in [6.07, 6.45) is 1.96. The van der Waals surface area contributed by atoms with Gasteiger partial charge in [0.05, 0.1) is 18.0 Å². The zero-order chi connectivity index (χ0) is 18.8. The van der Waals surface area contributed by atoms with E-state index in [1.54, 1.807) is 13.8 Å². The van der Waals surface area contributed by atoms with Crippen molar-refractivity contribution in [2.75, 3.05) is 11.9 Å². The molecule has 7 heteroatoms. The Morgan fingerprint density at radius 2 is 1.96 bits per heavy atom. The number of nitrogens with one attached hydrogen (secondary N) is 1. The first-order valence-electron chi connectivity index (χ1n) is 8.30. The molecule has 134 valence electrons. The highest BCUT2D eigenvalue weighted by Gasteiger charge is 2.22. The van der Waals surface area contributed by atoms with Gasteiger partial charge < -0.3 is 14.6 Å². The van der Waals surface area contributed by atoms with Crippen molar-refractivity contribution in [1.82, 2.24) is 14.5 Å². The van der Waals surface area contributed by atoms with Crippen LogP contribution in [0.2, 0.25) is 0 Å². The molecule has 0 aliphatic rings. The molecule has 0 spiro atoms. The average Bonchev–Trinajstić information content (AvgIpc) is 2.93. The Morgan fingerprint density at radius 3 is 2.65 bits per heavy atom. The summed E-state index contributed by atoms with van der Waals surface area (Å²) in [6, 6.07) is 7.94. The Bertz CT molecular complexity index is 1010. The monoisotopic (exact) mass is 352 g/mol. The molecule has 3 aromatic rings. The molecule has 3 rings (SSSR count). The maximum Gasteiger partial charge on any atom is 0.360 e. The summed E-state index contributed by atoms with van der Waals surface area (Å²) in [4.78, 5) is 32.7. The van der Waals surface area contributed by atoms with E-state index in [9.17, 15) is 9.59 Å². The van der Waals surface area contributed by atoms with E-state index in [0.29, 0.717) is 11.4 Å². The van der Waals surface area contributed by atoms with E-state index in [4.69, 9.17) is 4.74 Å². The minimum absolute atomic E-state index is 0.00327. The third-order valence-electron chi connectivity index (χ3n) is 3.99. The molecule has 0 radical (unpaired) electrons. The number of carbonyl (C=O) groups excluding carboxylic acids is 2. The molecule has 2 heterocycles. The van der Waals surface area contributed by atoms with Crippen molar-refractivity contribution in [1.29, 1.82) is 0 Å². The Kier molecular flexibility index (Phi) is 4.71. The third kappa shape index (κ3) is 3.15. The Labute approximate surface area is 151 Å². The quantitative estimate of drug-likeness (QED) is 0.729. The van der Waals surface area contributed by atoms with Crippen LogP contribution in [-0.2, 0) is 16.6 Å². The van der Waals surface area contributed by atoms with Crippen molar-refractivity contribution < 1.29 is 14.3 Å². The summed E-state index contributed by atoms with van der Waals surface area (Å²) >= 11 is 0. The van der Waals surface area contributed by atoms with Crippen LogP contribution in [0.5, 0.6) is 0 Å². The van der Waals surface area contributed by atoms with E-state index in [-0.39, 0.29) is 24.0 Å². The number of rotatable bonds is 4. The number of carbonyl (C=O) groups is 2. The topological polar surface area (TPSA) is 86.1 Å². The van der Waals surface area contributed by atoms with Crippen LogP contribution in [0.1, 0.15) is 30.0 Å². The van der Waals surface area contributed by atoms with Crippen LogP contribution in [0.4, 0.5) is 5.82 Å². The van der Waals surface area contributed by atoms with Gasteiger partial charge >= 0.3 is 5.97 Å². The zero-order valence-electron chi connectivity index (χ0n) is 15.2. The van der Waals surface area contributed by atoms with Crippen LogP contribution in [-0.4, -0.2) is 33.0 Å². The molecule has 26 heavy (non-hydrogen) atoms. The number of hydrogen-bond donors (Lipinski definition) is 1. The number of benzene rings is 1. The molecule has 0 fully saturated rings. The van der Waals surface area contributed by atoms with Crippen molar-refractivity contribution in [2.45, 2.75) is 20.8 Å². The molecule has 0 unspecified atom stereocenters. The van der Waals surface area contributed by atoms with Crippen LogP contribution >= 0.6 is 0 Å². The summed E-state index contributed by atoms with van der Waals surface area (Å²) in [5.41, 5.74) is 3.13. The number of nitrogens with zero attached hydrogens (tertiary/aromatic N) is 3. The minimum atomic E-state index is -0.615. The fourth-order valence-electron chi connectivity index (χ4n) is 2.90. The van der Waals surface area contributed by atoms with Crippen molar-refractivity contribution in [3.63, 3.8) is 0 Å². The van der Waals surface area contributed by atoms with Crippen LogP contribution in [0.25, 0.3) is 22.2 Å². The maximum absolute atomic E-state index is 12.2. The molecule has 0 bridgehead atoms. The Morgan fingerprint density at radius 1 is 1.23 bits per heavy atom. The number of aromatic nitrogens is 3. The van der Waals surface area contributed by atoms with Gasteiger partial charge in [0.1, 0.15) is 0 Å². The number of para-hydroxylation sites is 1. The first kappa shape index (κ1) is 17.6. The highest BCUT2D eigenvalue weighted by Crippen LogP contribution is 2.31. The standard InChI is InChI=1S/C19H20N4O3/c1-5-26-19(25)17-18(21-12(3)24)22-16(11(2)20-17)14-10-23(4)15-9-7-6-8-13(14)15/h6-10H,5H2,1-4H3,(H,21,22,24). The predicted molar refractivity (Wildman–Crippen MR) is 98.9 cm³/mol. The van der Waals surface area contributed by atoms with Crippen molar-refractivity contribution in [2.24, 2.45) is 7.05 Å². The molecule has 1 N–H and O–H groups in total. The lowest BCUT2D eigenvalue weighted by atomic mass is 10.1. The van der Waals surface area contributed by atoms with Gasteiger partial charge in [0.25, 0.3) is 0 Å². The van der Waals surface area contributed by atoms with Crippen LogP contribution in [0, 0.1) is 6.92 Å². The smallest absolute Gasteiger partial charge is 0.360 e. The zero-order valence-corrected chi connectivity index (χ0v) is 15.2. The fourth-order valence-corrected chi connectivity index (χ4v) is 2.90. The molecule has 7 nitrogen and oxygen atoms in total. The van der Waals surface area contributed by atoms with Crippen LogP contribution in [0.15, 0.2) is 30.5 Å². The molecule has 2 aromatic heterocycles. The van der Waals surface area contributed by atoms with Gasteiger partial charge in [-0.2, -0.15) is 0 Å². The second-order valence-electron chi connectivity index (χ2n) is 5.93. The minimum Gasteiger partial charge on any atom is -0.461 e. The Hall–Kier alpha value is -3.22. The summed E-state index contributed by atoms with van der Waals surface area (Å²) in [7, 11) is 1.95. The van der Waals surface area contributed by atoms with E-state index < -0.39 is 5.97 Å². The summed E-state index contributed by atoms with van der Waals surface area (Å²) in [6.45, 7) is 5.06. The number of esters is 1. The van der Waals surface area contributed by atoms with Gasteiger partial charge in [0.2, 0.25) is 5.91 Å². The van der Waals surface area contributed by atoms with Gasteiger partial charge in [-0.1, -0.05) is 18.2 Å². The fraction of sp³-hybridized carbons (Fsp3) is 0.263. The van der Waals surface area contributed by atoms with E-state index >= 15 is 0 Å². The number of hydrogen-bond acceptors (Lipinski definition) is 5. The number of aryl methyl sites for hydroxylation is 2. The summed E-state index contributed by atoms with van der Waals surface area (Å²) in [5, 5.41) is 3.60. The van der Waals surface area contributed by atoms with E-state index in [1.165, 1.54) is 6.92 Å². The van der Waals surface area contributed by atoms with Gasteiger partial charge in [0, 0.05) is 36.6 Å². The molecular formula is C19H20N4O3. The summed E-state index contributed by atoms with van der Waals surface area (Å²) < 4.78 is 7.03. The molecule has 1 amide bonds. The lowest BCUT2D eigenvalue weighted by Crippen LogP contribution is -2.17. The molecule has 1 aromatic carbocycles. The van der Waals surface area contributed by atoms with Gasteiger partial charge in [-0.05, 0) is 19.9 Å². The van der Waals surface area contributed by atoms with Gasteiger partial charge in [-0.15, -0.1) is 0 Å². The predicted octanol–water partition coefficient (Wildman–Crippen LogP) is 3.08. The third-order valence-corrected chi connectivity index (χ3v) is 3.99. The lowest BCUT2D eigenvalue weighted by Gasteiger charge is -2.12. The largest absolute Gasteiger partial charge is 0.461 e. The molecule has 0 aliphatic carbocycles. The maximum atomic E-state index is 12.2. The highest BCUT2D eigenvalue weighted by molar-refractivity contribution is 6.00. The molecule has 0 saturated heterocycles. The van der Waals surface area contributed by atoms with E-state index in [1.807, 2.05) is 42.1 Å². The highest BCUT2D eigenvalue weighted by atomic mass is 16.5. The average molecular weight is 352 g/mol. The number of fused-ring (bicyclic) bond motifs is 1. The molecular weight excluding hydrogens is 332 g/mol. The van der Waals surface area contributed by atoms with Crippen molar-refractivity contribution in [3.8, 4) is 11.3 Å². The normalized spacial score (nSPS) is 10.8. The van der Waals surface area contributed by atoms with Gasteiger partial charge in [-0.3, -0.25) is 4.79 Å². The van der Waals surface area contributed by atoms with Crippen LogP contribution in [0.3, 0.4) is 0 Å². The van der Waals surface area contributed by atoms with E-state index in [0.717, 1.165) is 16.5 Å². The molecule has 0 atom stereocenters. The molecule has 0 saturated carbocycles. The summed E-state index contributed by atoms with van der Waals surface area (Å²) in [5.74, 6) is -0.849.